The van der Waals surface area contributed by atoms with Gasteiger partial charge < -0.3 is 10.4 Å². The molecule has 2 nitrogen and oxygen atoms in total. The van der Waals surface area contributed by atoms with Gasteiger partial charge >= 0.3 is 0 Å². The molecular weight excluding hydrogens is 236 g/mol. The average molecular weight is 250 g/mol. The number of hydrogen-bond acceptors (Lipinski definition) is 2. The summed E-state index contributed by atoms with van der Waals surface area (Å²) in [6.45, 7) is 0.485. The molecule has 2 N–H and O–H groups in total. The molecule has 0 amide bonds. The highest BCUT2D eigenvalue weighted by Crippen LogP contribution is 2.17. The van der Waals surface area contributed by atoms with E-state index < -0.39 is 19.1 Å². The van der Waals surface area contributed by atoms with Crippen molar-refractivity contribution in [3.8, 4) is 0 Å². The van der Waals surface area contributed by atoms with Gasteiger partial charge in [-0.05, 0) is 24.1 Å². The van der Waals surface area contributed by atoms with Gasteiger partial charge in [0.15, 0.2) is 0 Å². The highest BCUT2D eigenvalue weighted by atomic mass is 35.5. The van der Waals surface area contributed by atoms with E-state index >= 15 is 0 Å². The van der Waals surface area contributed by atoms with Gasteiger partial charge in [0.25, 0.3) is 5.92 Å². The SMILES string of the molecule is Cc1ccc(CNCC(F)(F)CO)cc1Cl. The molecule has 0 heterocycles. The minimum Gasteiger partial charge on any atom is -0.390 e. The molecule has 0 aliphatic heterocycles. The maximum atomic E-state index is 12.7. The third kappa shape index (κ3) is 4.04. The third-order valence-electron chi connectivity index (χ3n) is 2.18. The first kappa shape index (κ1) is 13.4. The van der Waals surface area contributed by atoms with Crippen molar-refractivity contribution in [1.29, 1.82) is 0 Å². The van der Waals surface area contributed by atoms with Crippen LogP contribution in [-0.2, 0) is 6.54 Å². The molecule has 0 aromatic heterocycles. The number of benzene rings is 1. The summed E-state index contributed by atoms with van der Waals surface area (Å²) in [6.07, 6.45) is 0. The molecule has 0 atom stereocenters. The molecule has 0 aliphatic carbocycles. The van der Waals surface area contributed by atoms with Gasteiger partial charge in [0.1, 0.15) is 6.61 Å². The van der Waals surface area contributed by atoms with Crippen LogP contribution in [0.15, 0.2) is 18.2 Å². The lowest BCUT2D eigenvalue weighted by Crippen LogP contribution is -2.35. The van der Waals surface area contributed by atoms with Gasteiger partial charge in [-0.1, -0.05) is 23.7 Å². The van der Waals surface area contributed by atoms with Crippen LogP contribution in [0.1, 0.15) is 11.1 Å². The smallest absolute Gasteiger partial charge is 0.282 e. The van der Waals surface area contributed by atoms with E-state index in [0.717, 1.165) is 11.1 Å². The van der Waals surface area contributed by atoms with Gasteiger partial charge in [-0.25, -0.2) is 8.78 Å². The van der Waals surface area contributed by atoms with E-state index in [4.69, 9.17) is 16.7 Å². The van der Waals surface area contributed by atoms with Crippen molar-refractivity contribution in [2.45, 2.75) is 19.4 Å². The minimum absolute atomic E-state index is 0.301. The Hall–Kier alpha value is -0.710. The Balaban J connectivity index is 2.46. The van der Waals surface area contributed by atoms with E-state index in [1.807, 2.05) is 19.1 Å². The predicted molar refractivity (Wildman–Crippen MR) is 59.9 cm³/mol. The van der Waals surface area contributed by atoms with Crippen LogP contribution in [0.5, 0.6) is 0 Å². The molecule has 90 valence electrons. The first-order chi connectivity index (χ1) is 7.44. The molecule has 5 heteroatoms. The summed E-state index contributed by atoms with van der Waals surface area (Å²) < 4.78 is 25.3. The van der Waals surface area contributed by atoms with E-state index in [-0.39, 0.29) is 0 Å². The Morgan fingerprint density at radius 3 is 2.69 bits per heavy atom. The van der Waals surface area contributed by atoms with Crippen molar-refractivity contribution in [3.05, 3.63) is 34.3 Å². The third-order valence-corrected chi connectivity index (χ3v) is 2.59. The monoisotopic (exact) mass is 249 g/mol. The largest absolute Gasteiger partial charge is 0.390 e. The molecule has 1 aromatic carbocycles. The summed E-state index contributed by atoms with van der Waals surface area (Å²) in [4.78, 5) is 0. The number of alkyl halides is 2. The zero-order chi connectivity index (χ0) is 12.2. The molecule has 0 saturated heterocycles. The van der Waals surface area contributed by atoms with Crippen molar-refractivity contribution in [2.24, 2.45) is 0 Å². The molecule has 0 radical (unpaired) electrons. The normalized spacial score (nSPS) is 11.8. The van der Waals surface area contributed by atoms with E-state index in [1.165, 1.54) is 0 Å². The average Bonchev–Trinajstić information content (AvgIpc) is 2.23. The van der Waals surface area contributed by atoms with Crippen LogP contribution in [0, 0.1) is 6.92 Å². The second-order valence-electron chi connectivity index (χ2n) is 3.70. The number of aliphatic hydroxyl groups is 1. The van der Waals surface area contributed by atoms with Crippen LogP contribution < -0.4 is 5.32 Å². The molecule has 1 aromatic rings. The van der Waals surface area contributed by atoms with Crippen LogP contribution in [-0.4, -0.2) is 24.2 Å². The Morgan fingerprint density at radius 1 is 1.44 bits per heavy atom. The summed E-state index contributed by atoms with van der Waals surface area (Å²) in [6, 6.07) is 5.40. The maximum absolute atomic E-state index is 12.7. The fraction of sp³-hybridized carbons (Fsp3) is 0.455. The fourth-order valence-electron chi connectivity index (χ4n) is 1.19. The maximum Gasteiger partial charge on any atom is 0.282 e. The Labute approximate surface area is 98.2 Å². The van der Waals surface area contributed by atoms with Gasteiger partial charge in [0.05, 0.1) is 6.54 Å². The Morgan fingerprint density at radius 2 is 2.12 bits per heavy atom. The fourth-order valence-corrected chi connectivity index (χ4v) is 1.40. The second-order valence-corrected chi connectivity index (χ2v) is 4.11. The zero-order valence-corrected chi connectivity index (χ0v) is 9.69. The molecule has 0 saturated carbocycles. The molecule has 1 rings (SSSR count). The van der Waals surface area contributed by atoms with Crippen LogP contribution >= 0.6 is 11.6 Å². The molecule has 0 bridgehead atoms. The van der Waals surface area contributed by atoms with E-state index in [0.29, 0.717) is 11.6 Å². The van der Waals surface area contributed by atoms with Gasteiger partial charge in [-0.3, -0.25) is 0 Å². The lowest BCUT2D eigenvalue weighted by Gasteiger charge is -2.14. The van der Waals surface area contributed by atoms with Crippen molar-refractivity contribution < 1.29 is 13.9 Å². The topological polar surface area (TPSA) is 32.3 Å². The molecule has 0 unspecified atom stereocenters. The lowest BCUT2D eigenvalue weighted by atomic mass is 10.1. The van der Waals surface area contributed by atoms with E-state index in [9.17, 15) is 8.78 Å². The van der Waals surface area contributed by atoms with Crippen molar-refractivity contribution in [3.63, 3.8) is 0 Å². The zero-order valence-electron chi connectivity index (χ0n) is 8.93. The summed E-state index contributed by atoms with van der Waals surface area (Å²) in [5.74, 6) is -3.07. The number of aryl methyl sites for hydroxylation is 1. The van der Waals surface area contributed by atoms with Crippen LogP contribution in [0.25, 0.3) is 0 Å². The van der Waals surface area contributed by atoms with Crippen molar-refractivity contribution in [2.75, 3.05) is 13.2 Å². The number of rotatable bonds is 5. The molecule has 0 spiro atoms. The van der Waals surface area contributed by atoms with E-state index in [2.05, 4.69) is 5.32 Å². The van der Waals surface area contributed by atoms with Gasteiger partial charge in [-0.2, -0.15) is 0 Å². The van der Waals surface area contributed by atoms with Crippen molar-refractivity contribution >= 4 is 11.6 Å². The van der Waals surface area contributed by atoms with Gasteiger partial charge in [0.2, 0.25) is 0 Å². The number of hydrogen-bond donors (Lipinski definition) is 2. The molecular formula is C11H14ClF2NO. The second kappa shape index (κ2) is 5.57. The first-order valence-electron chi connectivity index (χ1n) is 4.89. The molecule has 16 heavy (non-hydrogen) atoms. The predicted octanol–water partition coefficient (Wildman–Crippen LogP) is 2.37. The number of nitrogens with one attached hydrogen (secondary N) is 1. The summed E-state index contributed by atoms with van der Waals surface area (Å²) in [5, 5.41) is 11.6. The number of halogens is 3. The van der Waals surface area contributed by atoms with Gasteiger partial charge in [0, 0.05) is 11.6 Å². The van der Waals surface area contributed by atoms with Gasteiger partial charge in [-0.15, -0.1) is 0 Å². The number of aliphatic hydroxyl groups excluding tert-OH is 1. The molecule has 0 aliphatic rings. The summed E-state index contributed by atoms with van der Waals surface area (Å²) in [7, 11) is 0. The van der Waals surface area contributed by atoms with Crippen molar-refractivity contribution in [1.82, 2.24) is 5.32 Å². The highest BCUT2D eigenvalue weighted by molar-refractivity contribution is 6.31. The highest BCUT2D eigenvalue weighted by Gasteiger charge is 2.26. The first-order valence-corrected chi connectivity index (χ1v) is 5.27. The van der Waals surface area contributed by atoms with E-state index in [1.54, 1.807) is 6.07 Å². The Kier molecular flexibility index (Phi) is 4.65. The minimum atomic E-state index is -3.07. The Bertz CT molecular complexity index is 358. The van der Waals surface area contributed by atoms with Crippen LogP contribution in [0.2, 0.25) is 5.02 Å². The standard InChI is InChI=1S/C11H14ClF2NO/c1-8-2-3-9(4-10(8)12)5-15-6-11(13,14)7-16/h2-4,15-16H,5-7H2,1H3. The quantitative estimate of drug-likeness (QED) is 0.840. The summed E-state index contributed by atoms with van der Waals surface area (Å²) >= 11 is 5.89. The van der Waals surface area contributed by atoms with Crippen LogP contribution in [0.3, 0.4) is 0 Å². The van der Waals surface area contributed by atoms with Crippen LogP contribution in [0.4, 0.5) is 8.78 Å². The molecule has 0 fully saturated rings. The summed E-state index contributed by atoms with van der Waals surface area (Å²) in [5.41, 5.74) is 1.79. The lowest BCUT2D eigenvalue weighted by molar-refractivity contribution is -0.0477.